The zero-order valence-corrected chi connectivity index (χ0v) is 11.3. The van der Waals surface area contributed by atoms with Crippen molar-refractivity contribution in [3.8, 4) is 5.75 Å². The lowest BCUT2D eigenvalue weighted by Crippen LogP contribution is -2.10. The van der Waals surface area contributed by atoms with Gasteiger partial charge < -0.3 is 4.74 Å². The van der Waals surface area contributed by atoms with Crippen molar-refractivity contribution in [3.05, 3.63) is 64.5 Å². The van der Waals surface area contributed by atoms with Gasteiger partial charge in [0.1, 0.15) is 11.6 Å². The molecule has 0 radical (unpaired) electrons. The molecule has 0 bridgehead atoms. The second kappa shape index (κ2) is 5.08. The van der Waals surface area contributed by atoms with E-state index in [9.17, 15) is 9.18 Å². The number of benzene rings is 2. The molecular formula is C17H15FO2. The summed E-state index contributed by atoms with van der Waals surface area (Å²) in [6, 6.07) is 9.73. The molecule has 2 nitrogen and oxygen atoms in total. The van der Waals surface area contributed by atoms with Gasteiger partial charge in [-0.3, -0.25) is 4.79 Å². The summed E-state index contributed by atoms with van der Waals surface area (Å²) in [5.41, 5.74) is 2.84. The first kappa shape index (κ1) is 12.9. The largest absolute Gasteiger partial charge is 0.493 e. The van der Waals surface area contributed by atoms with Crippen LogP contribution in [0.3, 0.4) is 0 Å². The number of carbonyl (C=O) groups is 1. The standard InChI is InChI=1S/C17H15FO2/c1-11-4-6-14(18)10-15(11)17(19)13-5-7-16-12(9-13)3-2-8-20-16/h4-7,9-10H,2-3,8H2,1H3. The van der Waals surface area contributed by atoms with E-state index in [2.05, 4.69) is 0 Å². The van der Waals surface area contributed by atoms with Crippen molar-refractivity contribution in [1.29, 1.82) is 0 Å². The fraction of sp³-hybridized carbons (Fsp3) is 0.235. The van der Waals surface area contributed by atoms with Crippen LogP contribution < -0.4 is 4.74 Å². The van der Waals surface area contributed by atoms with Crippen LogP contribution in [0.4, 0.5) is 4.39 Å². The summed E-state index contributed by atoms with van der Waals surface area (Å²) >= 11 is 0. The number of hydrogen-bond donors (Lipinski definition) is 0. The van der Waals surface area contributed by atoms with Crippen LogP contribution in [-0.2, 0) is 6.42 Å². The van der Waals surface area contributed by atoms with Crippen LogP contribution >= 0.6 is 0 Å². The molecule has 1 aliphatic rings. The van der Waals surface area contributed by atoms with E-state index in [1.54, 1.807) is 12.1 Å². The third-order valence-corrected chi connectivity index (χ3v) is 3.61. The molecule has 2 aromatic rings. The van der Waals surface area contributed by atoms with Gasteiger partial charge in [0.2, 0.25) is 0 Å². The van der Waals surface area contributed by atoms with Crippen molar-refractivity contribution in [2.24, 2.45) is 0 Å². The molecular weight excluding hydrogens is 255 g/mol. The Kier molecular flexibility index (Phi) is 3.26. The maximum Gasteiger partial charge on any atom is 0.193 e. The summed E-state index contributed by atoms with van der Waals surface area (Å²) in [5, 5.41) is 0. The lowest BCUT2D eigenvalue weighted by molar-refractivity contribution is 0.103. The lowest BCUT2D eigenvalue weighted by atomic mass is 9.96. The first-order chi connectivity index (χ1) is 9.65. The molecule has 1 aliphatic heterocycles. The third-order valence-electron chi connectivity index (χ3n) is 3.61. The first-order valence-corrected chi connectivity index (χ1v) is 6.72. The minimum atomic E-state index is -0.389. The molecule has 3 rings (SSSR count). The van der Waals surface area contributed by atoms with Gasteiger partial charge in [0.15, 0.2) is 5.78 Å². The highest BCUT2D eigenvalue weighted by atomic mass is 19.1. The Morgan fingerprint density at radius 2 is 2.05 bits per heavy atom. The van der Waals surface area contributed by atoms with E-state index in [-0.39, 0.29) is 11.6 Å². The monoisotopic (exact) mass is 270 g/mol. The minimum Gasteiger partial charge on any atom is -0.493 e. The molecule has 0 saturated heterocycles. The molecule has 0 spiro atoms. The summed E-state index contributed by atoms with van der Waals surface area (Å²) in [6.07, 6.45) is 1.88. The van der Waals surface area contributed by atoms with Gasteiger partial charge in [-0.25, -0.2) is 4.39 Å². The topological polar surface area (TPSA) is 26.3 Å². The molecule has 1 heterocycles. The van der Waals surface area contributed by atoms with Crippen molar-refractivity contribution in [3.63, 3.8) is 0 Å². The van der Waals surface area contributed by atoms with Crippen molar-refractivity contribution in [2.75, 3.05) is 6.61 Å². The molecule has 102 valence electrons. The molecule has 0 N–H and O–H groups in total. The van der Waals surface area contributed by atoms with Gasteiger partial charge in [0.25, 0.3) is 0 Å². The molecule has 0 atom stereocenters. The second-order valence-corrected chi connectivity index (χ2v) is 5.06. The highest BCUT2D eigenvalue weighted by Gasteiger charge is 2.16. The van der Waals surface area contributed by atoms with E-state index in [0.29, 0.717) is 11.1 Å². The van der Waals surface area contributed by atoms with Crippen LogP contribution in [0.1, 0.15) is 33.5 Å². The van der Waals surface area contributed by atoms with Gasteiger partial charge in [0, 0.05) is 11.1 Å². The molecule has 0 aromatic heterocycles. The van der Waals surface area contributed by atoms with Crippen LogP contribution in [0.25, 0.3) is 0 Å². The molecule has 3 heteroatoms. The Hall–Kier alpha value is -2.16. The van der Waals surface area contributed by atoms with Crippen molar-refractivity contribution >= 4 is 5.78 Å². The molecule has 0 amide bonds. The van der Waals surface area contributed by atoms with E-state index < -0.39 is 0 Å². The zero-order valence-electron chi connectivity index (χ0n) is 11.3. The number of hydrogen-bond acceptors (Lipinski definition) is 2. The molecule has 0 fully saturated rings. The predicted octanol–water partition coefficient (Wildman–Crippen LogP) is 3.69. The number of ketones is 1. The van der Waals surface area contributed by atoms with Gasteiger partial charge >= 0.3 is 0 Å². The van der Waals surface area contributed by atoms with Crippen LogP contribution in [0.15, 0.2) is 36.4 Å². The maximum absolute atomic E-state index is 13.3. The number of carbonyl (C=O) groups excluding carboxylic acids is 1. The second-order valence-electron chi connectivity index (χ2n) is 5.06. The smallest absolute Gasteiger partial charge is 0.193 e. The first-order valence-electron chi connectivity index (χ1n) is 6.72. The Morgan fingerprint density at radius 3 is 2.90 bits per heavy atom. The summed E-state index contributed by atoms with van der Waals surface area (Å²) in [6.45, 7) is 2.54. The lowest BCUT2D eigenvalue weighted by Gasteiger charge is -2.17. The molecule has 2 aromatic carbocycles. The number of rotatable bonds is 2. The Morgan fingerprint density at radius 1 is 1.20 bits per heavy atom. The Balaban J connectivity index is 2.00. The van der Waals surface area contributed by atoms with Crippen LogP contribution in [0.5, 0.6) is 5.75 Å². The average molecular weight is 270 g/mol. The number of halogens is 1. The van der Waals surface area contributed by atoms with E-state index >= 15 is 0 Å². The maximum atomic E-state index is 13.3. The number of aryl methyl sites for hydroxylation is 2. The summed E-state index contributed by atoms with van der Waals surface area (Å²) in [5.74, 6) is 0.319. The van der Waals surface area contributed by atoms with E-state index in [0.717, 1.165) is 36.3 Å². The number of ether oxygens (including phenoxy) is 1. The average Bonchev–Trinajstić information content (AvgIpc) is 2.48. The van der Waals surface area contributed by atoms with Crippen molar-refractivity contribution in [2.45, 2.75) is 19.8 Å². The normalized spacial score (nSPS) is 13.5. The van der Waals surface area contributed by atoms with Crippen molar-refractivity contribution in [1.82, 2.24) is 0 Å². The third kappa shape index (κ3) is 2.31. The minimum absolute atomic E-state index is 0.143. The summed E-state index contributed by atoms with van der Waals surface area (Å²) in [7, 11) is 0. The van der Waals surface area contributed by atoms with Crippen LogP contribution in [-0.4, -0.2) is 12.4 Å². The predicted molar refractivity (Wildman–Crippen MR) is 74.8 cm³/mol. The quantitative estimate of drug-likeness (QED) is 0.778. The van der Waals surface area contributed by atoms with Gasteiger partial charge in [0.05, 0.1) is 6.61 Å². The number of fused-ring (bicyclic) bond motifs is 1. The summed E-state index contributed by atoms with van der Waals surface area (Å²) in [4.78, 5) is 12.5. The van der Waals surface area contributed by atoms with Gasteiger partial charge in [-0.2, -0.15) is 0 Å². The Bertz CT molecular complexity index is 677. The fourth-order valence-electron chi connectivity index (χ4n) is 2.50. The SMILES string of the molecule is Cc1ccc(F)cc1C(=O)c1ccc2c(c1)CCCO2. The van der Waals surface area contributed by atoms with E-state index in [4.69, 9.17) is 4.74 Å². The molecule has 0 aliphatic carbocycles. The Labute approximate surface area is 117 Å². The zero-order chi connectivity index (χ0) is 14.1. The van der Waals surface area contributed by atoms with Gasteiger partial charge in [-0.05, 0) is 61.2 Å². The molecule has 0 unspecified atom stereocenters. The van der Waals surface area contributed by atoms with Crippen molar-refractivity contribution < 1.29 is 13.9 Å². The summed E-state index contributed by atoms with van der Waals surface area (Å²) < 4.78 is 18.9. The highest BCUT2D eigenvalue weighted by molar-refractivity contribution is 6.10. The van der Waals surface area contributed by atoms with E-state index in [1.165, 1.54) is 12.1 Å². The van der Waals surface area contributed by atoms with Gasteiger partial charge in [-0.1, -0.05) is 6.07 Å². The van der Waals surface area contributed by atoms with Gasteiger partial charge in [-0.15, -0.1) is 0 Å². The fourth-order valence-corrected chi connectivity index (χ4v) is 2.50. The molecule has 0 saturated carbocycles. The van der Waals surface area contributed by atoms with E-state index in [1.807, 2.05) is 19.1 Å². The molecule has 20 heavy (non-hydrogen) atoms. The highest BCUT2D eigenvalue weighted by Crippen LogP contribution is 2.27. The van der Waals surface area contributed by atoms with Crippen LogP contribution in [0.2, 0.25) is 0 Å². The van der Waals surface area contributed by atoms with Crippen LogP contribution in [0, 0.1) is 12.7 Å².